The first kappa shape index (κ1) is 10.9. The SMILES string of the molecule is CN1C(=O)N(c2cccc(Cl)c2)C(=O)C1O. The third-order valence-electron chi connectivity index (χ3n) is 2.37. The number of anilines is 1. The van der Waals surface area contributed by atoms with Crippen molar-refractivity contribution in [3.63, 3.8) is 0 Å². The van der Waals surface area contributed by atoms with Crippen LogP contribution in [0.4, 0.5) is 10.5 Å². The minimum absolute atomic E-state index is 0.353. The second-order valence-electron chi connectivity index (χ2n) is 3.42. The van der Waals surface area contributed by atoms with E-state index in [0.29, 0.717) is 10.7 Å². The Bertz CT molecular complexity index is 443. The minimum Gasteiger partial charge on any atom is -0.365 e. The molecule has 5 nitrogen and oxygen atoms in total. The summed E-state index contributed by atoms with van der Waals surface area (Å²) in [6.07, 6.45) is -1.42. The Labute approximate surface area is 96.8 Å². The Kier molecular flexibility index (Phi) is 2.57. The average Bonchev–Trinajstić information content (AvgIpc) is 2.44. The maximum Gasteiger partial charge on any atom is 0.333 e. The molecule has 84 valence electrons. The molecule has 0 aliphatic carbocycles. The van der Waals surface area contributed by atoms with Gasteiger partial charge in [0.15, 0.2) is 0 Å². The summed E-state index contributed by atoms with van der Waals surface area (Å²) in [5, 5.41) is 9.84. The largest absolute Gasteiger partial charge is 0.365 e. The normalized spacial score (nSPS) is 20.8. The highest BCUT2D eigenvalue weighted by Gasteiger charge is 2.42. The number of nitrogens with zero attached hydrogens (tertiary/aromatic N) is 2. The van der Waals surface area contributed by atoms with Gasteiger partial charge in [0.1, 0.15) is 0 Å². The van der Waals surface area contributed by atoms with Crippen molar-refractivity contribution in [1.82, 2.24) is 4.90 Å². The Balaban J connectivity index is 2.42. The van der Waals surface area contributed by atoms with Crippen LogP contribution in [0.3, 0.4) is 0 Å². The van der Waals surface area contributed by atoms with Crippen LogP contribution < -0.4 is 4.90 Å². The molecule has 0 radical (unpaired) electrons. The fourth-order valence-electron chi connectivity index (χ4n) is 1.49. The zero-order valence-electron chi connectivity index (χ0n) is 8.42. The number of amides is 3. The predicted molar refractivity (Wildman–Crippen MR) is 58.1 cm³/mol. The lowest BCUT2D eigenvalue weighted by Crippen LogP contribution is -2.31. The van der Waals surface area contributed by atoms with Crippen LogP contribution in [0.5, 0.6) is 0 Å². The third kappa shape index (κ3) is 1.54. The van der Waals surface area contributed by atoms with Gasteiger partial charge in [0.05, 0.1) is 5.69 Å². The first-order valence-electron chi connectivity index (χ1n) is 4.57. The summed E-state index contributed by atoms with van der Waals surface area (Å²) in [6.45, 7) is 0. The van der Waals surface area contributed by atoms with Gasteiger partial charge in [-0.1, -0.05) is 17.7 Å². The fraction of sp³-hybridized carbons (Fsp3) is 0.200. The number of hydrogen-bond donors (Lipinski definition) is 1. The van der Waals surface area contributed by atoms with Crippen LogP contribution in [0, 0.1) is 0 Å². The van der Waals surface area contributed by atoms with Crippen LogP contribution in [-0.2, 0) is 4.79 Å². The Morgan fingerprint density at radius 1 is 1.38 bits per heavy atom. The van der Waals surface area contributed by atoms with Crippen LogP contribution in [0.25, 0.3) is 0 Å². The summed E-state index contributed by atoms with van der Waals surface area (Å²) >= 11 is 5.77. The van der Waals surface area contributed by atoms with Gasteiger partial charge in [-0.2, -0.15) is 0 Å². The van der Waals surface area contributed by atoms with Gasteiger partial charge in [-0.3, -0.25) is 9.69 Å². The number of carbonyl (C=O) groups is 2. The van der Waals surface area contributed by atoms with Crippen LogP contribution in [0.15, 0.2) is 24.3 Å². The van der Waals surface area contributed by atoms with E-state index in [-0.39, 0.29) is 0 Å². The molecule has 1 aromatic carbocycles. The highest BCUT2D eigenvalue weighted by atomic mass is 35.5. The zero-order valence-corrected chi connectivity index (χ0v) is 9.18. The van der Waals surface area contributed by atoms with E-state index in [2.05, 4.69) is 0 Å². The van der Waals surface area contributed by atoms with Crippen molar-refractivity contribution in [3.8, 4) is 0 Å². The summed E-state index contributed by atoms with van der Waals surface area (Å²) < 4.78 is 0. The van der Waals surface area contributed by atoms with Gasteiger partial charge >= 0.3 is 6.03 Å². The van der Waals surface area contributed by atoms with Crippen LogP contribution in [0.1, 0.15) is 0 Å². The molecule has 1 atom stereocenters. The van der Waals surface area contributed by atoms with Gasteiger partial charge in [-0.25, -0.2) is 9.69 Å². The first-order valence-corrected chi connectivity index (χ1v) is 4.94. The summed E-state index contributed by atoms with van der Waals surface area (Å²) in [5.74, 6) is -0.672. The second-order valence-corrected chi connectivity index (χ2v) is 3.86. The highest BCUT2D eigenvalue weighted by molar-refractivity contribution is 6.31. The molecular formula is C10H9ClN2O3. The molecule has 0 saturated carbocycles. The number of benzene rings is 1. The van der Waals surface area contributed by atoms with Gasteiger partial charge < -0.3 is 5.11 Å². The number of carbonyl (C=O) groups excluding carboxylic acids is 2. The molecule has 2 rings (SSSR count). The molecule has 0 bridgehead atoms. The number of aliphatic hydroxyl groups is 1. The molecule has 1 aliphatic heterocycles. The van der Waals surface area contributed by atoms with E-state index < -0.39 is 18.2 Å². The number of imide groups is 1. The van der Waals surface area contributed by atoms with Crippen molar-refractivity contribution in [3.05, 3.63) is 29.3 Å². The summed E-state index contributed by atoms with van der Waals surface area (Å²) in [4.78, 5) is 25.1. The molecule has 1 saturated heterocycles. The van der Waals surface area contributed by atoms with Gasteiger partial charge in [0.2, 0.25) is 6.23 Å². The van der Waals surface area contributed by atoms with Crippen molar-refractivity contribution in [2.75, 3.05) is 11.9 Å². The number of aliphatic hydroxyl groups excluding tert-OH is 1. The quantitative estimate of drug-likeness (QED) is 0.747. The summed E-state index contributed by atoms with van der Waals surface area (Å²) in [7, 11) is 1.36. The van der Waals surface area contributed by atoms with E-state index in [4.69, 9.17) is 11.6 Å². The molecule has 16 heavy (non-hydrogen) atoms. The molecule has 6 heteroatoms. The smallest absolute Gasteiger partial charge is 0.333 e. The molecule has 1 aliphatic rings. The number of likely N-dealkylation sites (N-methyl/N-ethyl adjacent to an activating group) is 1. The second kappa shape index (κ2) is 3.77. The number of rotatable bonds is 1. The average molecular weight is 241 g/mol. The molecule has 1 aromatic rings. The van der Waals surface area contributed by atoms with Crippen molar-refractivity contribution < 1.29 is 14.7 Å². The maximum absolute atomic E-state index is 11.7. The molecule has 3 amide bonds. The topological polar surface area (TPSA) is 60.9 Å². The summed E-state index contributed by atoms with van der Waals surface area (Å²) in [6, 6.07) is 5.76. The van der Waals surface area contributed by atoms with Gasteiger partial charge in [-0.05, 0) is 18.2 Å². The van der Waals surface area contributed by atoms with E-state index in [1.54, 1.807) is 18.2 Å². The van der Waals surface area contributed by atoms with E-state index >= 15 is 0 Å². The van der Waals surface area contributed by atoms with Crippen LogP contribution in [0.2, 0.25) is 5.02 Å². The minimum atomic E-state index is -1.42. The molecule has 0 spiro atoms. The van der Waals surface area contributed by atoms with E-state index in [9.17, 15) is 14.7 Å². The zero-order chi connectivity index (χ0) is 11.9. The monoisotopic (exact) mass is 240 g/mol. The Morgan fingerprint density at radius 3 is 2.56 bits per heavy atom. The fourth-order valence-corrected chi connectivity index (χ4v) is 1.68. The Hall–Kier alpha value is -1.59. The van der Waals surface area contributed by atoms with Crippen LogP contribution in [-0.4, -0.2) is 35.2 Å². The van der Waals surface area contributed by atoms with Crippen molar-refractivity contribution in [2.24, 2.45) is 0 Å². The van der Waals surface area contributed by atoms with Crippen molar-refractivity contribution in [2.45, 2.75) is 6.23 Å². The Morgan fingerprint density at radius 2 is 2.06 bits per heavy atom. The lowest BCUT2D eigenvalue weighted by Gasteiger charge is -2.13. The van der Waals surface area contributed by atoms with Crippen LogP contribution >= 0.6 is 11.6 Å². The van der Waals surface area contributed by atoms with Crippen molar-refractivity contribution in [1.29, 1.82) is 0 Å². The molecule has 1 N–H and O–H groups in total. The lowest BCUT2D eigenvalue weighted by molar-refractivity contribution is -0.128. The van der Waals surface area contributed by atoms with E-state index in [0.717, 1.165) is 9.80 Å². The standard InChI is InChI=1S/C10H9ClN2O3/c1-12-8(14)9(15)13(10(12)16)7-4-2-3-6(11)5-7/h2-5,8,14H,1H3. The summed E-state index contributed by atoms with van der Waals surface area (Å²) in [5.41, 5.74) is 0.353. The number of urea groups is 1. The number of hydrogen-bond acceptors (Lipinski definition) is 3. The van der Waals surface area contributed by atoms with Gasteiger partial charge in [0, 0.05) is 12.1 Å². The molecule has 1 heterocycles. The molecular weight excluding hydrogens is 232 g/mol. The molecule has 1 fully saturated rings. The van der Waals surface area contributed by atoms with E-state index in [1.807, 2.05) is 0 Å². The lowest BCUT2D eigenvalue weighted by atomic mass is 10.3. The molecule has 0 aromatic heterocycles. The van der Waals surface area contributed by atoms with Crippen molar-refractivity contribution >= 4 is 29.2 Å². The van der Waals surface area contributed by atoms with Gasteiger partial charge in [-0.15, -0.1) is 0 Å². The predicted octanol–water partition coefficient (Wildman–Crippen LogP) is 1.06. The number of halogens is 1. The molecule has 1 unspecified atom stereocenters. The first-order chi connectivity index (χ1) is 7.52. The maximum atomic E-state index is 11.7. The highest BCUT2D eigenvalue weighted by Crippen LogP contribution is 2.25. The third-order valence-corrected chi connectivity index (χ3v) is 2.60. The van der Waals surface area contributed by atoms with Gasteiger partial charge in [0.25, 0.3) is 5.91 Å². The van der Waals surface area contributed by atoms with E-state index in [1.165, 1.54) is 13.1 Å².